The summed E-state index contributed by atoms with van der Waals surface area (Å²) in [5, 5.41) is 22.0. The summed E-state index contributed by atoms with van der Waals surface area (Å²) >= 11 is 4.39. The molecule has 1 fully saturated rings. The summed E-state index contributed by atoms with van der Waals surface area (Å²) in [5.74, 6) is -0.169. The van der Waals surface area contributed by atoms with Crippen molar-refractivity contribution < 1.29 is 10.2 Å². The third kappa shape index (κ3) is 3.15. The minimum absolute atomic E-state index is 0.169. The Morgan fingerprint density at radius 3 is 1.29 bits per heavy atom. The van der Waals surface area contributed by atoms with E-state index in [1.54, 1.807) is 0 Å². The van der Waals surface area contributed by atoms with Crippen LogP contribution in [-0.4, -0.2) is 28.6 Å². The zero-order chi connectivity index (χ0) is 19.6. The summed E-state index contributed by atoms with van der Waals surface area (Å²) in [5.41, 5.74) is 0. The monoisotopic (exact) mass is 456 g/mol. The predicted octanol–water partition coefficient (Wildman–Crippen LogP) is 3.96. The molecule has 146 valence electrons. The number of benzene rings is 3. The van der Waals surface area contributed by atoms with Crippen LogP contribution < -0.4 is 15.9 Å². The predicted molar refractivity (Wildman–Crippen MR) is 124 cm³/mol. The number of hydrogen-bond donors (Lipinski definition) is 2. The summed E-state index contributed by atoms with van der Waals surface area (Å²) in [6.45, 7) is 0. The van der Waals surface area contributed by atoms with Gasteiger partial charge in [-0.2, -0.15) is 0 Å². The molecule has 2 N–H and O–H groups in total. The standard InChI is InChI=1S/C24H26BrO2P/c25-28(19-10-4-1-5-11-19,20-12-6-2-7-13-20,21-14-8-3-9-15-21)18-22-23(26)16-17-24(22)27/h1-15,22-24,26-27H,16-18H2. The SMILES string of the molecule is OC1CCC(O)C1CP(Br)(c1ccccc1)(c1ccccc1)c1ccccc1. The fourth-order valence-corrected chi connectivity index (χ4v) is 13.0. The minimum atomic E-state index is -3.10. The number of rotatable bonds is 5. The van der Waals surface area contributed by atoms with Gasteiger partial charge in [-0.3, -0.25) is 0 Å². The van der Waals surface area contributed by atoms with Gasteiger partial charge in [-0.1, -0.05) is 0 Å². The number of halogens is 1. The van der Waals surface area contributed by atoms with E-state index < -0.39 is 17.5 Å². The fraction of sp³-hybridized carbons (Fsp3) is 0.250. The van der Waals surface area contributed by atoms with Crippen LogP contribution >= 0.6 is 20.8 Å². The second-order valence-corrected chi connectivity index (χ2v) is 16.7. The summed E-state index contributed by atoms with van der Waals surface area (Å²) < 4.78 is 0. The molecular weight excluding hydrogens is 431 g/mol. The maximum atomic E-state index is 10.7. The Kier molecular flexibility index (Phi) is 5.46. The van der Waals surface area contributed by atoms with E-state index in [4.69, 9.17) is 0 Å². The molecule has 2 nitrogen and oxygen atoms in total. The van der Waals surface area contributed by atoms with Crippen LogP contribution in [-0.2, 0) is 0 Å². The van der Waals surface area contributed by atoms with Crippen molar-refractivity contribution in [3.8, 4) is 0 Å². The average molecular weight is 457 g/mol. The van der Waals surface area contributed by atoms with Gasteiger partial charge in [0.1, 0.15) is 0 Å². The molecule has 0 heterocycles. The van der Waals surface area contributed by atoms with E-state index in [2.05, 4.69) is 88.3 Å². The quantitative estimate of drug-likeness (QED) is 0.570. The van der Waals surface area contributed by atoms with Crippen LogP contribution in [0.3, 0.4) is 0 Å². The summed E-state index contributed by atoms with van der Waals surface area (Å²) in [4.78, 5) is 0. The van der Waals surface area contributed by atoms with Gasteiger partial charge >= 0.3 is 175 Å². The molecule has 1 saturated carbocycles. The van der Waals surface area contributed by atoms with Crippen molar-refractivity contribution in [3.05, 3.63) is 91.0 Å². The van der Waals surface area contributed by atoms with Gasteiger partial charge in [0.05, 0.1) is 0 Å². The Hall–Kier alpha value is -1.51. The Balaban J connectivity index is 2.04. The first-order valence-corrected chi connectivity index (χ1v) is 14.2. The van der Waals surface area contributed by atoms with Gasteiger partial charge in [-0.05, 0) is 0 Å². The molecule has 0 aliphatic heterocycles. The van der Waals surface area contributed by atoms with Crippen LogP contribution in [0.4, 0.5) is 0 Å². The van der Waals surface area contributed by atoms with E-state index in [-0.39, 0.29) is 5.92 Å². The van der Waals surface area contributed by atoms with E-state index in [0.717, 1.165) is 0 Å². The van der Waals surface area contributed by atoms with Gasteiger partial charge in [-0.15, -0.1) is 0 Å². The zero-order valence-electron chi connectivity index (χ0n) is 15.7. The average Bonchev–Trinajstić information content (AvgIpc) is 3.07. The van der Waals surface area contributed by atoms with Crippen molar-refractivity contribution in [1.29, 1.82) is 0 Å². The Morgan fingerprint density at radius 1 is 0.643 bits per heavy atom. The molecule has 1 aliphatic rings. The van der Waals surface area contributed by atoms with Crippen molar-refractivity contribution >= 4 is 36.7 Å². The second kappa shape index (κ2) is 7.72. The van der Waals surface area contributed by atoms with Gasteiger partial charge < -0.3 is 0 Å². The van der Waals surface area contributed by atoms with Crippen LogP contribution in [0.5, 0.6) is 0 Å². The Bertz CT molecular complexity index is 808. The Labute approximate surface area is 174 Å². The second-order valence-electron chi connectivity index (χ2n) is 7.75. The van der Waals surface area contributed by atoms with Crippen LogP contribution in [0.15, 0.2) is 91.0 Å². The molecule has 0 spiro atoms. The third-order valence-corrected chi connectivity index (χ3v) is 16.0. The topological polar surface area (TPSA) is 40.5 Å². The molecule has 2 atom stereocenters. The molecule has 3 aromatic rings. The van der Waals surface area contributed by atoms with Crippen LogP contribution in [0.1, 0.15) is 12.8 Å². The van der Waals surface area contributed by atoms with Crippen molar-refractivity contribution in [2.45, 2.75) is 25.0 Å². The molecule has 0 saturated heterocycles. The molecule has 0 bridgehead atoms. The third-order valence-electron chi connectivity index (χ3n) is 6.18. The summed E-state index contributed by atoms with van der Waals surface area (Å²) in [7, 11) is 0. The molecule has 0 amide bonds. The van der Waals surface area contributed by atoms with E-state index in [1.807, 2.05) is 18.2 Å². The summed E-state index contributed by atoms with van der Waals surface area (Å²) in [6, 6.07) is 31.6. The molecule has 3 aromatic carbocycles. The first-order chi connectivity index (χ1) is 13.5. The molecular formula is C24H26BrO2P. The van der Waals surface area contributed by atoms with Crippen molar-refractivity contribution in [3.63, 3.8) is 0 Å². The molecule has 4 rings (SSSR count). The first-order valence-electron chi connectivity index (χ1n) is 9.80. The molecule has 28 heavy (non-hydrogen) atoms. The fourth-order valence-electron chi connectivity index (χ4n) is 4.65. The van der Waals surface area contributed by atoms with Gasteiger partial charge in [0, 0.05) is 0 Å². The number of aliphatic hydroxyl groups is 2. The number of aliphatic hydroxyl groups excluding tert-OH is 2. The van der Waals surface area contributed by atoms with E-state index >= 15 is 0 Å². The first kappa shape index (κ1) is 19.8. The molecule has 1 aliphatic carbocycles. The van der Waals surface area contributed by atoms with Gasteiger partial charge in [-0.25, -0.2) is 0 Å². The van der Waals surface area contributed by atoms with Crippen molar-refractivity contribution in [2.24, 2.45) is 5.92 Å². The van der Waals surface area contributed by atoms with Crippen LogP contribution in [0.25, 0.3) is 0 Å². The van der Waals surface area contributed by atoms with Gasteiger partial charge in [0.2, 0.25) is 0 Å². The van der Waals surface area contributed by atoms with Crippen LogP contribution in [0.2, 0.25) is 0 Å². The van der Waals surface area contributed by atoms with E-state index in [9.17, 15) is 10.2 Å². The Morgan fingerprint density at radius 2 is 0.964 bits per heavy atom. The van der Waals surface area contributed by atoms with Gasteiger partial charge in [0.15, 0.2) is 0 Å². The molecule has 4 heteroatoms. The van der Waals surface area contributed by atoms with Crippen molar-refractivity contribution in [1.82, 2.24) is 0 Å². The van der Waals surface area contributed by atoms with E-state index in [0.29, 0.717) is 19.0 Å². The van der Waals surface area contributed by atoms with E-state index in [1.165, 1.54) is 15.9 Å². The molecule has 0 aromatic heterocycles. The number of hydrogen-bond acceptors (Lipinski definition) is 2. The zero-order valence-corrected chi connectivity index (χ0v) is 18.2. The molecule has 2 unspecified atom stereocenters. The maximum absolute atomic E-state index is 10.7. The summed E-state index contributed by atoms with van der Waals surface area (Å²) in [6.07, 6.45) is 1.04. The normalized spacial score (nSPS) is 23.8. The van der Waals surface area contributed by atoms with Gasteiger partial charge in [0.25, 0.3) is 0 Å². The van der Waals surface area contributed by atoms with Crippen molar-refractivity contribution in [2.75, 3.05) is 6.16 Å². The van der Waals surface area contributed by atoms with Crippen LogP contribution in [0, 0.1) is 5.92 Å². The molecule has 0 radical (unpaired) electrons.